The second-order valence-corrected chi connectivity index (χ2v) is 4.33. The summed E-state index contributed by atoms with van der Waals surface area (Å²) in [5.74, 6) is 2.05. The number of cyclic esters (lactones) is 1. The van der Waals surface area contributed by atoms with Crippen molar-refractivity contribution in [2.75, 3.05) is 13.2 Å². The van der Waals surface area contributed by atoms with Gasteiger partial charge in [-0.05, 0) is 5.92 Å². The lowest BCUT2D eigenvalue weighted by Gasteiger charge is -2.08. The van der Waals surface area contributed by atoms with E-state index < -0.39 is 0 Å². The van der Waals surface area contributed by atoms with Gasteiger partial charge in [-0.15, -0.1) is 0 Å². The monoisotopic (exact) mass is 224 g/mol. The molecule has 0 saturated carbocycles. The Hall–Kier alpha value is -1.59. The number of hydrogen-bond donors (Lipinski definition) is 1. The molecular formula is C10H16N4O2. The predicted octanol–water partition coefficient (Wildman–Crippen LogP) is 0.955. The molecule has 1 amide bonds. The maximum Gasteiger partial charge on any atom is 0.410 e. The van der Waals surface area contributed by atoms with E-state index in [4.69, 9.17) is 4.74 Å². The number of nitrogens with one attached hydrogen (secondary N) is 1. The van der Waals surface area contributed by atoms with Crippen LogP contribution >= 0.6 is 0 Å². The van der Waals surface area contributed by atoms with E-state index in [0.717, 1.165) is 18.1 Å². The molecule has 0 radical (unpaired) electrons. The zero-order chi connectivity index (χ0) is 11.5. The topological polar surface area (TPSA) is 71.1 Å². The molecule has 16 heavy (non-hydrogen) atoms. The highest BCUT2D eigenvalue weighted by Crippen LogP contribution is 2.08. The predicted molar refractivity (Wildman–Crippen MR) is 56.7 cm³/mol. The molecule has 1 aliphatic rings. The average molecular weight is 224 g/mol. The fourth-order valence-electron chi connectivity index (χ4n) is 1.61. The van der Waals surface area contributed by atoms with Gasteiger partial charge in [-0.2, -0.15) is 5.10 Å². The van der Waals surface area contributed by atoms with Gasteiger partial charge in [-0.3, -0.25) is 10.00 Å². The van der Waals surface area contributed by atoms with Gasteiger partial charge in [0.25, 0.3) is 0 Å². The van der Waals surface area contributed by atoms with Crippen molar-refractivity contribution >= 4 is 6.09 Å². The number of H-pyrrole nitrogens is 1. The quantitative estimate of drug-likeness (QED) is 0.826. The number of nitrogens with zero attached hydrogens (tertiary/aromatic N) is 3. The van der Waals surface area contributed by atoms with Crippen molar-refractivity contribution < 1.29 is 9.53 Å². The molecule has 2 heterocycles. The van der Waals surface area contributed by atoms with Gasteiger partial charge < -0.3 is 4.74 Å². The molecule has 0 aliphatic carbocycles. The maximum absolute atomic E-state index is 11.2. The molecule has 6 nitrogen and oxygen atoms in total. The van der Waals surface area contributed by atoms with Crippen molar-refractivity contribution in [3.8, 4) is 0 Å². The molecule has 1 fully saturated rings. The minimum Gasteiger partial charge on any atom is -0.448 e. The maximum atomic E-state index is 11.2. The molecular weight excluding hydrogens is 208 g/mol. The molecule has 0 aromatic carbocycles. The van der Waals surface area contributed by atoms with Crippen molar-refractivity contribution in [1.29, 1.82) is 0 Å². The van der Waals surface area contributed by atoms with Crippen LogP contribution in [0.2, 0.25) is 0 Å². The first-order chi connectivity index (χ1) is 7.65. The largest absolute Gasteiger partial charge is 0.448 e. The first-order valence-corrected chi connectivity index (χ1v) is 5.47. The van der Waals surface area contributed by atoms with E-state index in [9.17, 15) is 4.79 Å². The van der Waals surface area contributed by atoms with Crippen LogP contribution in [0, 0.1) is 5.92 Å². The van der Waals surface area contributed by atoms with Crippen LogP contribution in [-0.2, 0) is 17.7 Å². The van der Waals surface area contributed by atoms with Crippen LogP contribution in [0.25, 0.3) is 0 Å². The lowest BCUT2D eigenvalue weighted by molar-refractivity contribution is 0.156. The van der Waals surface area contributed by atoms with Crippen LogP contribution in [0.5, 0.6) is 0 Å². The number of aromatic nitrogens is 3. The van der Waals surface area contributed by atoms with Crippen LogP contribution in [0.1, 0.15) is 25.5 Å². The summed E-state index contributed by atoms with van der Waals surface area (Å²) in [6.07, 6.45) is 0.572. The second kappa shape index (κ2) is 4.51. The summed E-state index contributed by atoms with van der Waals surface area (Å²) in [7, 11) is 0. The van der Waals surface area contributed by atoms with Crippen LogP contribution in [0.3, 0.4) is 0 Å². The molecule has 0 spiro atoms. The molecule has 0 unspecified atom stereocenters. The number of amides is 1. The van der Waals surface area contributed by atoms with Gasteiger partial charge in [0, 0.05) is 6.42 Å². The van der Waals surface area contributed by atoms with Gasteiger partial charge in [0.2, 0.25) is 0 Å². The Morgan fingerprint density at radius 3 is 3.00 bits per heavy atom. The van der Waals surface area contributed by atoms with E-state index in [1.807, 2.05) is 0 Å². The second-order valence-electron chi connectivity index (χ2n) is 4.33. The molecule has 0 atom stereocenters. The summed E-state index contributed by atoms with van der Waals surface area (Å²) in [6, 6.07) is 0. The Kier molecular flexibility index (Phi) is 3.07. The summed E-state index contributed by atoms with van der Waals surface area (Å²) in [5, 5.41) is 6.96. The van der Waals surface area contributed by atoms with E-state index >= 15 is 0 Å². The lowest BCUT2D eigenvalue weighted by atomic mass is 10.1. The van der Waals surface area contributed by atoms with E-state index in [-0.39, 0.29) is 6.09 Å². The summed E-state index contributed by atoms with van der Waals surface area (Å²) in [6.45, 7) is 5.77. The third-order valence-corrected chi connectivity index (χ3v) is 2.35. The van der Waals surface area contributed by atoms with Crippen molar-refractivity contribution in [3.05, 3.63) is 11.6 Å². The van der Waals surface area contributed by atoms with E-state index in [1.54, 1.807) is 4.90 Å². The SMILES string of the molecule is CC(C)Cc1n[nH]c(CN2CCOC2=O)n1. The van der Waals surface area contributed by atoms with Gasteiger partial charge >= 0.3 is 6.09 Å². The third-order valence-electron chi connectivity index (χ3n) is 2.35. The Balaban J connectivity index is 1.94. The van der Waals surface area contributed by atoms with Crippen LogP contribution in [-0.4, -0.2) is 39.3 Å². The zero-order valence-electron chi connectivity index (χ0n) is 9.56. The van der Waals surface area contributed by atoms with Gasteiger partial charge in [0.05, 0.1) is 13.1 Å². The number of hydrogen-bond acceptors (Lipinski definition) is 4. The molecule has 88 valence electrons. The van der Waals surface area contributed by atoms with Gasteiger partial charge in [0.15, 0.2) is 5.82 Å². The third kappa shape index (κ3) is 2.50. The van der Waals surface area contributed by atoms with Crippen molar-refractivity contribution in [2.45, 2.75) is 26.8 Å². The van der Waals surface area contributed by atoms with Crippen molar-refractivity contribution in [1.82, 2.24) is 20.1 Å². The van der Waals surface area contributed by atoms with Crippen LogP contribution in [0.4, 0.5) is 4.79 Å². The zero-order valence-corrected chi connectivity index (χ0v) is 9.56. The van der Waals surface area contributed by atoms with Gasteiger partial charge in [-0.25, -0.2) is 9.78 Å². The average Bonchev–Trinajstić information content (AvgIpc) is 2.77. The normalized spacial score (nSPS) is 15.9. The number of aromatic amines is 1. The number of carbonyl (C=O) groups excluding carboxylic acids is 1. The van der Waals surface area contributed by atoms with Gasteiger partial charge in [-0.1, -0.05) is 13.8 Å². The molecule has 1 saturated heterocycles. The summed E-state index contributed by atoms with van der Waals surface area (Å²) < 4.78 is 4.83. The van der Waals surface area contributed by atoms with E-state index in [2.05, 4.69) is 29.0 Å². The van der Waals surface area contributed by atoms with Crippen molar-refractivity contribution in [2.24, 2.45) is 5.92 Å². The Labute approximate surface area is 94.0 Å². The number of rotatable bonds is 4. The molecule has 1 aromatic rings. The Morgan fingerprint density at radius 2 is 2.38 bits per heavy atom. The fourth-order valence-corrected chi connectivity index (χ4v) is 1.61. The molecule has 1 aliphatic heterocycles. The standard InChI is InChI=1S/C10H16N4O2/c1-7(2)5-8-11-9(13-12-8)6-14-3-4-16-10(14)15/h7H,3-6H2,1-2H3,(H,11,12,13). The molecule has 6 heteroatoms. The molecule has 1 aromatic heterocycles. The van der Waals surface area contributed by atoms with Crippen LogP contribution < -0.4 is 0 Å². The first kappa shape index (κ1) is 10.9. The molecule has 0 bridgehead atoms. The van der Waals surface area contributed by atoms with E-state index in [1.165, 1.54) is 0 Å². The summed E-state index contributed by atoms with van der Waals surface area (Å²) >= 11 is 0. The highest BCUT2D eigenvalue weighted by atomic mass is 16.6. The number of carbonyl (C=O) groups is 1. The molecule has 1 N–H and O–H groups in total. The minimum absolute atomic E-state index is 0.276. The molecule has 2 rings (SSSR count). The lowest BCUT2D eigenvalue weighted by Crippen LogP contribution is -2.24. The summed E-state index contributed by atoms with van der Waals surface area (Å²) in [5.41, 5.74) is 0. The highest BCUT2D eigenvalue weighted by Gasteiger charge is 2.23. The van der Waals surface area contributed by atoms with Crippen molar-refractivity contribution in [3.63, 3.8) is 0 Å². The Bertz CT molecular complexity index is 375. The Morgan fingerprint density at radius 1 is 1.56 bits per heavy atom. The highest BCUT2D eigenvalue weighted by molar-refractivity contribution is 5.69. The smallest absolute Gasteiger partial charge is 0.410 e. The number of ether oxygens (including phenoxy) is 1. The van der Waals surface area contributed by atoms with Gasteiger partial charge in [0.1, 0.15) is 12.4 Å². The minimum atomic E-state index is -0.276. The van der Waals surface area contributed by atoms with E-state index in [0.29, 0.717) is 25.6 Å². The first-order valence-electron chi connectivity index (χ1n) is 5.47. The summed E-state index contributed by atoms with van der Waals surface area (Å²) in [4.78, 5) is 17.1. The van der Waals surface area contributed by atoms with Crippen LogP contribution in [0.15, 0.2) is 0 Å². The fraction of sp³-hybridized carbons (Fsp3) is 0.700.